The summed E-state index contributed by atoms with van der Waals surface area (Å²) in [5, 5.41) is 10.9. The molecule has 0 saturated heterocycles. The van der Waals surface area contributed by atoms with Gasteiger partial charge in [-0.2, -0.15) is 5.10 Å². The van der Waals surface area contributed by atoms with Crippen molar-refractivity contribution in [3.63, 3.8) is 0 Å². The molecule has 3 heterocycles. The minimum absolute atomic E-state index is 0.145. The Morgan fingerprint density at radius 1 is 1.32 bits per heavy atom. The number of aryl methyl sites for hydroxylation is 3. The SMILES string of the molecule is Cc1cc(C(C)NC(=O)c2cc3c(C)[nH]nc3cn2)c(C)o1. The molecule has 1 atom stereocenters. The van der Waals surface area contributed by atoms with Crippen molar-refractivity contribution in [1.29, 1.82) is 0 Å². The third kappa shape index (κ3) is 2.47. The molecule has 6 nitrogen and oxygen atoms in total. The third-order valence-electron chi connectivity index (χ3n) is 3.76. The second kappa shape index (κ2) is 5.29. The Morgan fingerprint density at radius 2 is 2.09 bits per heavy atom. The first-order valence-corrected chi connectivity index (χ1v) is 7.14. The predicted octanol–water partition coefficient (Wildman–Crippen LogP) is 2.97. The maximum absolute atomic E-state index is 12.4. The van der Waals surface area contributed by atoms with Crippen molar-refractivity contribution in [2.75, 3.05) is 0 Å². The van der Waals surface area contributed by atoms with Gasteiger partial charge < -0.3 is 9.73 Å². The Morgan fingerprint density at radius 3 is 2.77 bits per heavy atom. The van der Waals surface area contributed by atoms with Crippen molar-refractivity contribution in [1.82, 2.24) is 20.5 Å². The molecular weight excluding hydrogens is 280 g/mol. The maximum atomic E-state index is 12.4. The second-order valence-corrected chi connectivity index (χ2v) is 5.50. The topological polar surface area (TPSA) is 83.8 Å². The van der Waals surface area contributed by atoms with Crippen LogP contribution in [0.5, 0.6) is 0 Å². The molecule has 0 bridgehead atoms. The van der Waals surface area contributed by atoms with E-state index in [4.69, 9.17) is 4.42 Å². The van der Waals surface area contributed by atoms with Gasteiger partial charge in [0.05, 0.1) is 12.2 Å². The van der Waals surface area contributed by atoms with Gasteiger partial charge in [0.25, 0.3) is 5.91 Å². The Bertz CT molecular complexity index is 847. The number of hydrogen-bond acceptors (Lipinski definition) is 4. The van der Waals surface area contributed by atoms with Crippen LogP contribution in [0.1, 0.15) is 46.2 Å². The first-order chi connectivity index (χ1) is 10.5. The highest BCUT2D eigenvalue weighted by Crippen LogP contribution is 2.22. The quantitative estimate of drug-likeness (QED) is 0.778. The van der Waals surface area contributed by atoms with E-state index in [1.807, 2.05) is 33.8 Å². The summed E-state index contributed by atoms with van der Waals surface area (Å²) in [7, 11) is 0. The van der Waals surface area contributed by atoms with Crippen molar-refractivity contribution in [3.8, 4) is 0 Å². The monoisotopic (exact) mass is 298 g/mol. The van der Waals surface area contributed by atoms with E-state index >= 15 is 0 Å². The van der Waals surface area contributed by atoms with Gasteiger partial charge in [-0.15, -0.1) is 0 Å². The molecule has 0 saturated carbocycles. The van der Waals surface area contributed by atoms with E-state index in [2.05, 4.69) is 20.5 Å². The first-order valence-electron chi connectivity index (χ1n) is 7.14. The molecule has 6 heteroatoms. The average molecular weight is 298 g/mol. The molecule has 0 fully saturated rings. The van der Waals surface area contributed by atoms with Crippen LogP contribution in [-0.2, 0) is 0 Å². The van der Waals surface area contributed by atoms with Gasteiger partial charge in [-0.05, 0) is 39.8 Å². The number of aromatic nitrogens is 3. The van der Waals surface area contributed by atoms with E-state index in [1.54, 1.807) is 12.3 Å². The Labute approximate surface area is 127 Å². The number of amides is 1. The molecule has 0 radical (unpaired) electrons. The minimum atomic E-state index is -0.215. The Hall–Kier alpha value is -2.63. The van der Waals surface area contributed by atoms with Crippen LogP contribution in [0.15, 0.2) is 22.7 Å². The summed E-state index contributed by atoms with van der Waals surface area (Å²) in [6.07, 6.45) is 1.60. The van der Waals surface area contributed by atoms with Crippen molar-refractivity contribution in [3.05, 3.63) is 46.8 Å². The zero-order chi connectivity index (χ0) is 15.9. The lowest BCUT2D eigenvalue weighted by Crippen LogP contribution is -2.27. The molecule has 114 valence electrons. The van der Waals surface area contributed by atoms with Gasteiger partial charge in [-0.1, -0.05) is 0 Å². The van der Waals surface area contributed by atoms with Crippen LogP contribution in [-0.4, -0.2) is 21.1 Å². The van der Waals surface area contributed by atoms with Crippen molar-refractivity contribution in [2.24, 2.45) is 0 Å². The fraction of sp³-hybridized carbons (Fsp3) is 0.312. The average Bonchev–Trinajstić information content (AvgIpc) is 3.01. The van der Waals surface area contributed by atoms with Crippen LogP contribution in [0.25, 0.3) is 10.9 Å². The van der Waals surface area contributed by atoms with E-state index in [0.717, 1.165) is 33.7 Å². The summed E-state index contributed by atoms with van der Waals surface area (Å²) in [6.45, 7) is 7.63. The fourth-order valence-corrected chi connectivity index (χ4v) is 2.59. The number of furan rings is 1. The normalized spacial score (nSPS) is 12.5. The molecule has 0 aliphatic carbocycles. The lowest BCUT2D eigenvalue weighted by molar-refractivity contribution is 0.0935. The summed E-state index contributed by atoms with van der Waals surface area (Å²) in [5.41, 5.74) is 3.03. The van der Waals surface area contributed by atoms with Gasteiger partial charge in [-0.3, -0.25) is 9.89 Å². The number of hydrogen-bond donors (Lipinski definition) is 2. The number of H-pyrrole nitrogens is 1. The summed E-state index contributed by atoms with van der Waals surface area (Å²) in [6, 6.07) is 3.55. The van der Waals surface area contributed by atoms with Crippen LogP contribution >= 0.6 is 0 Å². The third-order valence-corrected chi connectivity index (χ3v) is 3.76. The van der Waals surface area contributed by atoms with Crippen LogP contribution in [0.2, 0.25) is 0 Å². The number of nitrogens with zero attached hydrogens (tertiary/aromatic N) is 2. The van der Waals surface area contributed by atoms with Crippen LogP contribution in [0, 0.1) is 20.8 Å². The van der Waals surface area contributed by atoms with Gasteiger partial charge in [-0.25, -0.2) is 4.98 Å². The molecule has 22 heavy (non-hydrogen) atoms. The smallest absolute Gasteiger partial charge is 0.270 e. The number of carbonyl (C=O) groups excluding carboxylic acids is 1. The van der Waals surface area contributed by atoms with E-state index < -0.39 is 0 Å². The molecule has 3 aromatic rings. The highest BCUT2D eigenvalue weighted by atomic mass is 16.3. The minimum Gasteiger partial charge on any atom is -0.466 e. The van der Waals surface area contributed by atoms with Crippen molar-refractivity contribution < 1.29 is 9.21 Å². The van der Waals surface area contributed by atoms with Crippen molar-refractivity contribution >= 4 is 16.8 Å². The van der Waals surface area contributed by atoms with Crippen molar-refractivity contribution in [2.45, 2.75) is 33.7 Å². The molecule has 3 aromatic heterocycles. The van der Waals surface area contributed by atoms with E-state index in [9.17, 15) is 4.79 Å². The molecule has 0 aliphatic rings. The second-order valence-electron chi connectivity index (χ2n) is 5.50. The molecule has 1 amide bonds. The van der Waals surface area contributed by atoms with Crippen LogP contribution < -0.4 is 5.32 Å². The van der Waals surface area contributed by atoms with E-state index in [0.29, 0.717) is 5.69 Å². The first kappa shape index (κ1) is 14.3. The number of aromatic amines is 1. The zero-order valence-electron chi connectivity index (χ0n) is 13.0. The highest BCUT2D eigenvalue weighted by molar-refractivity contribution is 5.96. The number of fused-ring (bicyclic) bond motifs is 1. The Kier molecular flexibility index (Phi) is 3.44. The predicted molar refractivity (Wildman–Crippen MR) is 82.7 cm³/mol. The van der Waals surface area contributed by atoms with Crippen LogP contribution in [0.3, 0.4) is 0 Å². The molecule has 0 aliphatic heterocycles. The van der Waals surface area contributed by atoms with E-state index in [-0.39, 0.29) is 11.9 Å². The lowest BCUT2D eigenvalue weighted by Gasteiger charge is -2.12. The van der Waals surface area contributed by atoms with Gasteiger partial charge in [0.15, 0.2) is 0 Å². The number of carbonyl (C=O) groups is 1. The molecule has 2 N–H and O–H groups in total. The standard InChI is InChI=1S/C16H18N4O2/c1-8-5-12(11(4)22-8)9(2)18-16(21)14-6-13-10(3)19-20-15(13)7-17-14/h5-7,9H,1-4H3,(H,18,21)(H,19,20). The van der Waals surface area contributed by atoms with Gasteiger partial charge in [0, 0.05) is 16.6 Å². The Balaban J connectivity index is 1.83. The molecule has 1 unspecified atom stereocenters. The largest absolute Gasteiger partial charge is 0.466 e. The van der Waals surface area contributed by atoms with Gasteiger partial charge in [0.1, 0.15) is 22.7 Å². The van der Waals surface area contributed by atoms with Crippen LogP contribution in [0.4, 0.5) is 0 Å². The number of pyridine rings is 1. The summed E-state index contributed by atoms with van der Waals surface area (Å²) >= 11 is 0. The van der Waals surface area contributed by atoms with E-state index in [1.165, 1.54) is 0 Å². The molecule has 0 aromatic carbocycles. The fourth-order valence-electron chi connectivity index (χ4n) is 2.59. The summed E-state index contributed by atoms with van der Waals surface area (Å²) in [4.78, 5) is 16.6. The maximum Gasteiger partial charge on any atom is 0.270 e. The highest BCUT2D eigenvalue weighted by Gasteiger charge is 2.17. The molecule has 3 rings (SSSR count). The van der Waals surface area contributed by atoms with Gasteiger partial charge in [0.2, 0.25) is 0 Å². The lowest BCUT2D eigenvalue weighted by atomic mass is 10.1. The summed E-state index contributed by atoms with van der Waals surface area (Å²) in [5.74, 6) is 1.44. The summed E-state index contributed by atoms with van der Waals surface area (Å²) < 4.78 is 5.51. The van der Waals surface area contributed by atoms with Gasteiger partial charge >= 0.3 is 0 Å². The molecule has 0 spiro atoms. The number of rotatable bonds is 3. The molecular formula is C16H18N4O2. The zero-order valence-corrected chi connectivity index (χ0v) is 13.0. The number of nitrogens with one attached hydrogen (secondary N) is 2.